The van der Waals surface area contributed by atoms with E-state index < -0.39 is 8.09 Å². The van der Waals surface area contributed by atoms with Gasteiger partial charge < -0.3 is 9.63 Å². The van der Waals surface area contributed by atoms with Crippen LogP contribution in [0.1, 0.15) is 10.4 Å². The summed E-state index contributed by atoms with van der Waals surface area (Å²) in [7, 11) is 0. The number of carbonyl (C=O) groups excluding carboxylic acids is 1. The van der Waals surface area contributed by atoms with E-state index in [0.29, 0.717) is 11.3 Å². The van der Waals surface area contributed by atoms with Crippen molar-refractivity contribution in [3.8, 4) is 11.6 Å². The number of hydrogen-bond acceptors (Lipinski definition) is 4. The summed E-state index contributed by atoms with van der Waals surface area (Å²) < 4.78 is 4.60. The predicted octanol–water partition coefficient (Wildman–Crippen LogP) is 2.05. The van der Waals surface area contributed by atoms with Crippen molar-refractivity contribution in [2.24, 2.45) is 0 Å². The SMILES string of the molecule is O=C(c1ccccc1-[n+]1cc([O-])on1)C(Br)(Br)Br. The van der Waals surface area contributed by atoms with Crippen LogP contribution in [0, 0.1) is 0 Å². The van der Waals surface area contributed by atoms with Crippen LogP contribution in [0.5, 0.6) is 5.95 Å². The number of Topliss-reactive ketones (excluding diaryl/α,β-unsaturated/α-hetero) is 1. The number of hydrogen-bond donors (Lipinski definition) is 0. The minimum absolute atomic E-state index is 0.263. The van der Waals surface area contributed by atoms with Gasteiger partial charge in [0.25, 0.3) is 0 Å². The standard InChI is InChI=1S/C10H5Br3N2O3/c11-10(12,13)9(17)6-3-1-2-4-7(6)15-5-8(16)18-14-15/h1-5H. The highest BCUT2D eigenvalue weighted by molar-refractivity contribution is 9.40. The quantitative estimate of drug-likeness (QED) is 0.407. The van der Waals surface area contributed by atoms with Crippen molar-refractivity contribution in [3.63, 3.8) is 0 Å². The van der Waals surface area contributed by atoms with Crippen LogP contribution in [-0.2, 0) is 0 Å². The Kier molecular flexibility index (Phi) is 3.88. The lowest BCUT2D eigenvalue weighted by atomic mass is 10.1. The van der Waals surface area contributed by atoms with E-state index >= 15 is 0 Å². The van der Waals surface area contributed by atoms with Crippen LogP contribution in [0.2, 0.25) is 0 Å². The lowest BCUT2D eigenvalue weighted by molar-refractivity contribution is -0.670. The van der Waals surface area contributed by atoms with Crippen LogP contribution >= 0.6 is 47.8 Å². The smallest absolute Gasteiger partial charge is 0.250 e. The van der Waals surface area contributed by atoms with Gasteiger partial charge in [0.15, 0.2) is 2.14 Å². The molecule has 0 unspecified atom stereocenters. The van der Waals surface area contributed by atoms with Crippen molar-refractivity contribution < 1.29 is 19.1 Å². The van der Waals surface area contributed by atoms with Crippen LogP contribution in [0.25, 0.3) is 5.69 Å². The number of carbonyl (C=O) groups is 1. The van der Waals surface area contributed by atoms with Crippen LogP contribution < -0.4 is 9.79 Å². The fourth-order valence-electron chi connectivity index (χ4n) is 1.36. The molecular formula is C10H5Br3N2O3. The number of para-hydroxylation sites is 1. The molecule has 5 nitrogen and oxygen atoms in total. The molecule has 0 saturated carbocycles. The summed E-state index contributed by atoms with van der Waals surface area (Å²) in [6.45, 7) is 0. The summed E-state index contributed by atoms with van der Waals surface area (Å²) in [4.78, 5) is 12.2. The molecule has 0 saturated heterocycles. The lowest BCUT2D eigenvalue weighted by Gasteiger charge is -2.10. The van der Waals surface area contributed by atoms with Gasteiger partial charge in [-0.25, -0.2) is 0 Å². The Balaban J connectivity index is 2.53. The van der Waals surface area contributed by atoms with Crippen LogP contribution in [0.4, 0.5) is 0 Å². The number of rotatable bonds is 2. The highest BCUT2D eigenvalue weighted by Crippen LogP contribution is 2.37. The second-order valence-electron chi connectivity index (χ2n) is 3.31. The third-order valence-electron chi connectivity index (χ3n) is 2.10. The summed E-state index contributed by atoms with van der Waals surface area (Å²) in [5.74, 6) is -0.846. The van der Waals surface area contributed by atoms with Gasteiger partial charge in [0, 0.05) is 6.07 Å². The first-order chi connectivity index (χ1) is 8.39. The van der Waals surface area contributed by atoms with E-state index in [0.717, 1.165) is 6.20 Å². The Morgan fingerprint density at radius 2 is 2.00 bits per heavy atom. The highest BCUT2D eigenvalue weighted by atomic mass is 80.0. The van der Waals surface area contributed by atoms with Crippen molar-refractivity contribution in [2.75, 3.05) is 0 Å². The number of aromatic nitrogens is 2. The zero-order chi connectivity index (χ0) is 13.3. The summed E-state index contributed by atoms with van der Waals surface area (Å²) in [5, 5.41) is 14.5. The van der Waals surface area contributed by atoms with E-state index in [2.05, 4.69) is 57.6 Å². The van der Waals surface area contributed by atoms with Crippen molar-refractivity contribution in [3.05, 3.63) is 36.0 Å². The first-order valence-corrected chi connectivity index (χ1v) is 7.04. The van der Waals surface area contributed by atoms with Crippen molar-refractivity contribution in [1.82, 2.24) is 5.27 Å². The molecule has 0 atom stereocenters. The van der Waals surface area contributed by atoms with Crippen molar-refractivity contribution in [1.29, 1.82) is 0 Å². The second kappa shape index (κ2) is 5.10. The molecule has 0 bridgehead atoms. The molecule has 0 fully saturated rings. The predicted molar refractivity (Wildman–Crippen MR) is 71.3 cm³/mol. The zero-order valence-electron chi connectivity index (χ0n) is 8.64. The Bertz CT molecular complexity index is 592. The van der Waals surface area contributed by atoms with E-state index in [1.165, 1.54) is 4.68 Å². The molecule has 94 valence electrons. The summed E-state index contributed by atoms with van der Waals surface area (Å²) in [6.07, 6.45) is 1.16. The van der Waals surface area contributed by atoms with E-state index in [1.54, 1.807) is 24.3 Å². The fraction of sp³-hybridized carbons (Fsp3) is 0.100. The molecule has 2 aromatic rings. The van der Waals surface area contributed by atoms with E-state index in [-0.39, 0.29) is 5.78 Å². The molecule has 0 N–H and O–H groups in total. The van der Waals surface area contributed by atoms with Crippen LogP contribution in [0.15, 0.2) is 35.0 Å². The molecule has 8 heteroatoms. The molecule has 0 aliphatic heterocycles. The number of nitrogens with zero attached hydrogens (tertiary/aromatic N) is 2. The molecule has 2 rings (SSSR count). The highest BCUT2D eigenvalue weighted by Gasteiger charge is 2.34. The van der Waals surface area contributed by atoms with Gasteiger partial charge in [0.05, 0.1) is 10.8 Å². The maximum atomic E-state index is 12.2. The Morgan fingerprint density at radius 1 is 1.33 bits per heavy atom. The largest absolute Gasteiger partial charge is 0.539 e. The van der Waals surface area contributed by atoms with E-state index in [9.17, 15) is 9.90 Å². The fourth-order valence-corrected chi connectivity index (χ4v) is 2.00. The Hall–Kier alpha value is -0.730. The third-order valence-corrected chi connectivity index (χ3v) is 3.18. The minimum atomic E-state index is -1.06. The van der Waals surface area contributed by atoms with Gasteiger partial charge in [-0.1, -0.05) is 59.9 Å². The van der Waals surface area contributed by atoms with Gasteiger partial charge in [-0.05, 0) is 10.7 Å². The maximum Gasteiger partial charge on any atom is 0.250 e. The molecule has 0 aliphatic carbocycles. The molecule has 1 heterocycles. The number of ketones is 1. The third kappa shape index (κ3) is 2.81. The van der Waals surface area contributed by atoms with Gasteiger partial charge in [-0.3, -0.25) is 4.79 Å². The molecule has 0 spiro atoms. The molecule has 1 aromatic heterocycles. The first-order valence-electron chi connectivity index (χ1n) is 4.66. The summed E-state index contributed by atoms with van der Waals surface area (Å²) in [5.41, 5.74) is 0.831. The number of alkyl halides is 3. The van der Waals surface area contributed by atoms with Gasteiger partial charge in [0.1, 0.15) is 5.95 Å². The Morgan fingerprint density at radius 3 is 2.56 bits per heavy atom. The zero-order valence-corrected chi connectivity index (χ0v) is 13.4. The molecule has 18 heavy (non-hydrogen) atoms. The van der Waals surface area contributed by atoms with Crippen LogP contribution in [0.3, 0.4) is 0 Å². The maximum absolute atomic E-state index is 12.2. The lowest BCUT2D eigenvalue weighted by Crippen LogP contribution is -2.35. The summed E-state index contributed by atoms with van der Waals surface area (Å²) >= 11 is 9.48. The molecular weight excluding hydrogens is 436 g/mol. The molecule has 0 radical (unpaired) electrons. The Labute approximate surface area is 127 Å². The van der Waals surface area contributed by atoms with Crippen molar-refractivity contribution >= 4 is 53.6 Å². The van der Waals surface area contributed by atoms with E-state index in [4.69, 9.17) is 0 Å². The number of halogens is 3. The second-order valence-corrected chi connectivity index (χ2v) is 10.1. The first kappa shape index (κ1) is 13.7. The topological polar surface area (TPSA) is 70.0 Å². The van der Waals surface area contributed by atoms with E-state index in [1.807, 2.05) is 0 Å². The average Bonchev–Trinajstić information content (AvgIpc) is 2.73. The summed E-state index contributed by atoms with van der Waals surface area (Å²) in [6, 6.07) is 6.74. The monoisotopic (exact) mass is 438 g/mol. The minimum Gasteiger partial charge on any atom is -0.539 e. The van der Waals surface area contributed by atoms with Gasteiger partial charge in [-0.15, -0.1) is 0 Å². The van der Waals surface area contributed by atoms with Gasteiger partial charge in [-0.2, -0.15) is 0 Å². The van der Waals surface area contributed by atoms with Crippen molar-refractivity contribution in [2.45, 2.75) is 2.14 Å². The molecule has 0 aliphatic rings. The average molecular weight is 441 g/mol. The van der Waals surface area contributed by atoms with Gasteiger partial charge >= 0.3 is 0 Å². The molecule has 1 aromatic carbocycles. The normalized spacial score (nSPS) is 11.5. The molecule has 0 amide bonds. The van der Waals surface area contributed by atoms with Gasteiger partial charge in [0.2, 0.25) is 17.7 Å². The number of benzene rings is 1. The van der Waals surface area contributed by atoms with Crippen LogP contribution in [-0.4, -0.2) is 13.2 Å².